The van der Waals surface area contributed by atoms with Crippen LogP contribution < -0.4 is 15.4 Å². The highest BCUT2D eigenvalue weighted by atomic mass is 32.2. The summed E-state index contributed by atoms with van der Waals surface area (Å²) in [5.41, 5.74) is 2.78. The van der Waals surface area contributed by atoms with Crippen molar-refractivity contribution in [3.8, 4) is 11.5 Å². The van der Waals surface area contributed by atoms with E-state index in [1.807, 2.05) is 67.6 Å². The molecule has 0 spiro atoms. The van der Waals surface area contributed by atoms with E-state index in [1.54, 1.807) is 23.4 Å². The average molecular weight is 545 g/mol. The summed E-state index contributed by atoms with van der Waals surface area (Å²) in [7, 11) is 0.277. The molecule has 5 rings (SSSR count). The first kappa shape index (κ1) is 27.1. The van der Waals surface area contributed by atoms with Gasteiger partial charge in [0.25, 0.3) is 0 Å². The molecule has 0 radical (unpaired) electrons. The maximum absolute atomic E-state index is 13.2. The Morgan fingerprint density at radius 2 is 1.79 bits per heavy atom. The Bertz CT molecular complexity index is 1430. The maximum atomic E-state index is 13.2. The van der Waals surface area contributed by atoms with Gasteiger partial charge in [-0.1, -0.05) is 49.1 Å². The zero-order chi connectivity index (χ0) is 27.2. The lowest BCUT2D eigenvalue weighted by molar-refractivity contribution is -0.122. The van der Waals surface area contributed by atoms with Crippen LogP contribution in [0.25, 0.3) is 11.0 Å². The monoisotopic (exact) mass is 544 g/mol. The van der Waals surface area contributed by atoms with E-state index in [2.05, 4.69) is 15.6 Å². The van der Waals surface area contributed by atoms with Gasteiger partial charge in [-0.25, -0.2) is 13.2 Å². The number of benzene rings is 2. The second kappa shape index (κ2) is 12.6. The minimum Gasteiger partial charge on any atom is -0.457 e. The SMILES string of the molecule is CNC(=O)C(Cc1ccc(Oc2ccnc3c2ccn3S(=O)c2ccc(C)cc2)cc1)NCC1CCCCC1. The molecule has 1 aliphatic carbocycles. The summed E-state index contributed by atoms with van der Waals surface area (Å²) in [5.74, 6) is 2.00. The average Bonchev–Trinajstić information content (AvgIpc) is 3.41. The number of hydrogen-bond acceptors (Lipinski definition) is 5. The molecule has 1 aliphatic rings. The second-order valence-electron chi connectivity index (χ2n) is 10.3. The van der Waals surface area contributed by atoms with E-state index >= 15 is 0 Å². The van der Waals surface area contributed by atoms with Crippen LogP contribution >= 0.6 is 0 Å². The molecule has 2 atom stereocenters. The van der Waals surface area contributed by atoms with Crippen LogP contribution in [0, 0.1) is 12.8 Å². The number of rotatable bonds is 10. The topological polar surface area (TPSA) is 85.2 Å². The summed E-state index contributed by atoms with van der Waals surface area (Å²) >= 11 is 0. The molecule has 4 aromatic rings. The van der Waals surface area contributed by atoms with Gasteiger partial charge in [-0.2, -0.15) is 0 Å². The quantitative estimate of drug-likeness (QED) is 0.274. The number of nitrogens with zero attached hydrogens (tertiary/aromatic N) is 2. The molecule has 2 aromatic carbocycles. The van der Waals surface area contributed by atoms with E-state index in [4.69, 9.17) is 4.74 Å². The first-order valence-electron chi connectivity index (χ1n) is 13.7. The first-order valence-corrected chi connectivity index (χ1v) is 14.8. The molecule has 0 aliphatic heterocycles. The molecule has 8 heteroatoms. The highest BCUT2D eigenvalue weighted by Crippen LogP contribution is 2.31. The minimum atomic E-state index is -1.41. The molecule has 2 unspecified atom stereocenters. The Hall–Kier alpha value is -3.49. The normalized spacial score (nSPS) is 15.6. The Labute approximate surface area is 232 Å². The van der Waals surface area contributed by atoms with Crippen molar-refractivity contribution < 1.29 is 13.7 Å². The van der Waals surface area contributed by atoms with E-state index < -0.39 is 11.0 Å². The van der Waals surface area contributed by atoms with Crippen molar-refractivity contribution in [3.05, 3.63) is 84.2 Å². The van der Waals surface area contributed by atoms with Gasteiger partial charge in [0.15, 0.2) is 16.6 Å². The molecular weight excluding hydrogens is 508 g/mol. The summed E-state index contributed by atoms with van der Waals surface area (Å²) in [4.78, 5) is 17.7. The summed E-state index contributed by atoms with van der Waals surface area (Å²) in [6, 6.07) is 18.9. The number of aryl methyl sites for hydroxylation is 1. The van der Waals surface area contributed by atoms with Crippen LogP contribution in [0.4, 0.5) is 0 Å². The molecule has 1 fully saturated rings. The third-order valence-corrected chi connectivity index (χ3v) is 8.77. The van der Waals surface area contributed by atoms with Gasteiger partial charge in [0.05, 0.1) is 16.3 Å². The molecule has 0 saturated heterocycles. The number of fused-ring (bicyclic) bond motifs is 1. The van der Waals surface area contributed by atoms with Crippen molar-refractivity contribution in [1.29, 1.82) is 0 Å². The fraction of sp³-hybridized carbons (Fsp3) is 0.355. The smallest absolute Gasteiger partial charge is 0.237 e. The molecular formula is C31H36N4O3S. The lowest BCUT2D eigenvalue weighted by atomic mass is 9.89. The Kier molecular flexibility index (Phi) is 8.74. The number of carbonyl (C=O) groups excluding carboxylic acids is 1. The molecule has 7 nitrogen and oxygen atoms in total. The number of hydrogen-bond donors (Lipinski definition) is 2. The van der Waals surface area contributed by atoms with Crippen molar-refractivity contribution in [3.63, 3.8) is 0 Å². The van der Waals surface area contributed by atoms with Crippen LogP contribution in [0.1, 0.15) is 43.2 Å². The van der Waals surface area contributed by atoms with Crippen molar-refractivity contribution in [1.82, 2.24) is 19.6 Å². The highest BCUT2D eigenvalue weighted by Gasteiger charge is 2.21. The van der Waals surface area contributed by atoms with E-state index in [1.165, 1.54) is 32.1 Å². The summed E-state index contributed by atoms with van der Waals surface area (Å²) in [6.07, 6.45) is 10.5. The van der Waals surface area contributed by atoms with Gasteiger partial charge in [0.1, 0.15) is 11.5 Å². The molecule has 2 heterocycles. The number of amides is 1. The molecule has 204 valence electrons. The van der Waals surface area contributed by atoms with Gasteiger partial charge in [-0.15, -0.1) is 0 Å². The molecule has 2 N–H and O–H groups in total. The second-order valence-corrected chi connectivity index (χ2v) is 11.6. The van der Waals surface area contributed by atoms with Crippen LogP contribution in [-0.2, 0) is 22.2 Å². The number of nitrogens with one attached hydrogen (secondary N) is 2. The van der Waals surface area contributed by atoms with Crippen LogP contribution in [0.3, 0.4) is 0 Å². The molecule has 1 amide bonds. The maximum Gasteiger partial charge on any atom is 0.237 e. The Morgan fingerprint density at radius 1 is 1.05 bits per heavy atom. The lowest BCUT2D eigenvalue weighted by Gasteiger charge is -2.25. The molecule has 39 heavy (non-hydrogen) atoms. The van der Waals surface area contributed by atoms with E-state index in [-0.39, 0.29) is 11.9 Å². The molecule has 1 saturated carbocycles. The van der Waals surface area contributed by atoms with Crippen molar-refractivity contribution in [2.45, 2.75) is 56.4 Å². The number of ether oxygens (including phenoxy) is 1. The summed E-state index contributed by atoms with van der Waals surface area (Å²) in [5, 5.41) is 7.10. The van der Waals surface area contributed by atoms with E-state index in [9.17, 15) is 9.00 Å². The number of pyridine rings is 1. The van der Waals surface area contributed by atoms with Gasteiger partial charge in [-0.05, 0) is 80.6 Å². The predicted molar refractivity (Wildman–Crippen MR) is 155 cm³/mol. The lowest BCUT2D eigenvalue weighted by Crippen LogP contribution is -2.46. The van der Waals surface area contributed by atoms with Gasteiger partial charge in [0.2, 0.25) is 5.91 Å². The van der Waals surface area contributed by atoms with Crippen molar-refractivity contribution in [2.24, 2.45) is 5.92 Å². The number of aromatic nitrogens is 2. The third-order valence-electron chi connectivity index (χ3n) is 7.45. The number of carbonyl (C=O) groups is 1. The van der Waals surface area contributed by atoms with Gasteiger partial charge < -0.3 is 15.4 Å². The van der Waals surface area contributed by atoms with Crippen LogP contribution in [0.5, 0.6) is 11.5 Å². The largest absolute Gasteiger partial charge is 0.457 e. The summed E-state index contributed by atoms with van der Waals surface area (Å²) in [6.45, 7) is 2.89. The predicted octanol–water partition coefficient (Wildman–Crippen LogP) is 5.53. The Morgan fingerprint density at radius 3 is 2.51 bits per heavy atom. The van der Waals surface area contributed by atoms with Crippen molar-refractivity contribution >= 4 is 27.9 Å². The molecule has 2 aromatic heterocycles. The zero-order valence-electron chi connectivity index (χ0n) is 22.6. The Balaban J connectivity index is 1.27. The fourth-order valence-electron chi connectivity index (χ4n) is 5.17. The van der Waals surface area contributed by atoms with Gasteiger partial charge in [0, 0.05) is 19.4 Å². The first-order chi connectivity index (χ1) is 19.0. The van der Waals surface area contributed by atoms with Crippen LogP contribution in [0.2, 0.25) is 0 Å². The van der Waals surface area contributed by atoms with Gasteiger partial charge >= 0.3 is 0 Å². The van der Waals surface area contributed by atoms with Crippen molar-refractivity contribution in [2.75, 3.05) is 13.6 Å². The standard InChI is InChI=1S/C31H36N4O3S/c1-22-8-14-26(15-9-22)39(37)35-19-17-27-29(16-18-33-30(27)35)38-25-12-10-23(11-13-25)20-28(31(36)32-2)34-21-24-6-4-3-5-7-24/h8-19,24,28,34H,3-7,20-21H2,1-2H3,(H,32,36). The van der Waals surface area contributed by atoms with Gasteiger partial charge in [-0.3, -0.25) is 4.79 Å². The zero-order valence-corrected chi connectivity index (χ0v) is 23.4. The fourth-order valence-corrected chi connectivity index (χ4v) is 6.24. The number of likely N-dealkylation sites (N-methyl/N-ethyl adjacent to an activating group) is 1. The highest BCUT2D eigenvalue weighted by molar-refractivity contribution is 7.83. The van der Waals surface area contributed by atoms with E-state index in [0.717, 1.165) is 23.1 Å². The molecule has 0 bridgehead atoms. The van der Waals surface area contributed by atoms with E-state index in [0.29, 0.717) is 34.4 Å². The van der Waals surface area contributed by atoms with Crippen LogP contribution in [-0.4, -0.2) is 38.7 Å². The summed E-state index contributed by atoms with van der Waals surface area (Å²) < 4.78 is 21.1. The third kappa shape index (κ3) is 6.57. The minimum absolute atomic E-state index is 0.0119. The van der Waals surface area contributed by atoms with Crippen LogP contribution in [0.15, 0.2) is 78.0 Å².